The zero-order chi connectivity index (χ0) is 18.4. The van der Waals surface area contributed by atoms with E-state index in [-0.39, 0.29) is 5.97 Å². The first kappa shape index (κ1) is 24.4. The van der Waals surface area contributed by atoms with Gasteiger partial charge in [-0.2, -0.15) is 0 Å². The van der Waals surface area contributed by atoms with Crippen molar-refractivity contribution in [3.8, 4) is 0 Å². The van der Waals surface area contributed by atoms with E-state index >= 15 is 0 Å². The third kappa shape index (κ3) is 23.4. The van der Waals surface area contributed by atoms with Crippen LogP contribution in [-0.4, -0.2) is 39.5 Å². The molecule has 25 heavy (non-hydrogen) atoms. The highest BCUT2D eigenvalue weighted by Crippen LogP contribution is 2.09. The molecule has 0 aliphatic carbocycles. The third-order valence-corrected chi connectivity index (χ3v) is 4.38. The van der Waals surface area contributed by atoms with Gasteiger partial charge in [-0.05, 0) is 25.7 Å². The lowest BCUT2D eigenvalue weighted by molar-refractivity contribution is -0.141. The fraction of sp³-hybridized carbons (Fsp3) is 0.952. The van der Waals surface area contributed by atoms with E-state index in [1.165, 1.54) is 84.0 Å². The monoisotopic (exact) mass is 358 g/mol. The molecule has 0 saturated carbocycles. The molecule has 0 bridgehead atoms. The van der Waals surface area contributed by atoms with Crippen molar-refractivity contribution < 1.29 is 19.0 Å². The van der Waals surface area contributed by atoms with Crippen LogP contribution in [0.5, 0.6) is 0 Å². The summed E-state index contributed by atoms with van der Waals surface area (Å²) >= 11 is 0. The van der Waals surface area contributed by atoms with Crippen molar-refractivity contribution in [3.63, 3.8) is 0 Å². The Morgan fingerprint density at radius 1 is 0.560 bits per heavy atom. The molecule has 0 aromatic rings. The molecule has 0 radical (unpaired) electrons. The Morgan fingerprint density at radius 3 is 1.32 bits per heavy atom. The molecule has 0 aromatic heterocycles. The smallest absolute Gasteiger partial charge is 0.302 e. The maximum Gasteiger partial charge on any atom is 0.302 e. The van der Waals surface area contributed by atoms with Gasteiger partial charge in [0.05, 0.1) is 6.61 Å². The van der Waals surface area contributed by atoms with Crippen LogP contribution < -0.4 is 0 Å². The summed E-state index contributed by atoms with van der Waals surface area (Å²) in [7, 11) is 1.77. The topological polar surface area (TPSA) is 44.8 Å². The molecular weight excluding hydrogens is 316 g/mol. The van der Waals surface area contributed by atoms with Gasteiger partial charge in [0.25, 0.3) is 0 Å². The van der Waals surface area contributed by atoms with Gasteiger partial charge in [0, 0.05) is 33.9 Å². The van der Waals surface area contributed by atoms with Gasteiger partial charge in [0.15, 0.2) is 0 Å². The first-order valence-electron chi connectivity index (χ1n) is 10.5. The molecule has 0 saturated heterocycles. The molecule has 0 aromatic carbocycles. The van der Waals surface area contributed by atoms with Crippen LogP contribution in [0.1, 0.15) is 96.8 Å². The fourth-order valence-corrected chi connectivity index (χ4v) is 2.84. The number of esters is 1. The second kappa shape index (κ2) is 21.4. The summed E-state index contributed by atoms with van der Waals surface area (Å²) in [4.78, 5) is 10.6. The second-order valence-electron chi connectivity index (χ2n) is 6.89. The normalized spacial score (nSPS) is 11.0. The Balaban J connectivity index is 2.97. The van der Waals surface area contributed by atoms with E-state index in [1.807, 2.05) is 0 Å². The van der Waals surface area contributed by atoms with Crippen molar-refractivity contribution in [1.82, 2.24) is 0 Å². The molecule has 0 atom stereocenters. The zero-order valence-electron chi connectivity index (χ0n) is 16.9. The number of carbonyl (C=O) groups is 1. The van der Waals surface area contributed by atoms with Crippen LogP contribution in [0.2, 0.25) is 0 Å². The number of hydrogen-bond donors (Lipinski definition) is 0. The quantitative estimate of drug-likeness (QED) is 0.208. The predicted octanol–water partition coefficient (Wildman–Crippen LogP) is 5.67. The maximum absolute atomic E-state index is 10.6. The molecule has 0 rings (SSSR count). The zero-order valence-corrected chi connectivity index (χ0v) is 16.9. The lowest BCUT2D eigenvalue weighted by Crippen LogP contribution is -2.00. The van der Waals surface area contributed by atoms with Crippen LogP contribution >= 0.6 is 0 Å². The summed E-state index contributed by atoms with van der Waals surface area (Å²) in [6.45, 7) is 4.80. The second-order valence-corrected chi connectivity index (χ2v) is 6.89. The van der Waals surface area contributed by atoms with Gasteiger partial charge in [0.1, 0.15) is 0 Å². The van der Waals surface area contributed by atoms with Crippen LogP contribution in [-0.2, 0) is 19.0 Å². The summed E-state index contributed by atoms with van der Waals surface area (Å²) in [6, 6.07) is 0. The Labute approximate surface area is 156 Å². The summed E-state index contributed by atoms with van der Waals surface area (Å²) in [5.41, 5.74) is 0. The molecule has 0 aliphatic heterocycles. The number of unbranched alkanes of at least 4 members (excludes halogenated alkanes) is 12. The van der Waals surface area contributed by atoms with Crippen molar-refractivity contribution >= 4 is 5.97 Å². The highest BCUT2D eigenvalue weighted by Gasteiger charge is 1.96. The van der Waals surface area contributed by atoms with Gasteiger partial charge >= 0.3 is 5.97 Å². The Morgan fingerprint density at radius 2 is 0.920 bits per heavy atom. The van der Waals surface area contributed by atoms with Crippen LogP contribution in [0, 0.1) is 0 Å². The fourth-order valence-electron chi connectivity index (χ4n) is 2.84. The van der Waals surface area contributed by atoms with E-state index in [0.29, 0.717) is 6.61 Å². The average Bonchev–Trinajstić information content (AvgIpc) is 2.60. The summed E-state index contributed by atoms with van der Waals surface area (Å²) in [5, 5.41) is 0. The minimum atomic E-state index is -0.169. The van der Waals surface area contributed by atoms with Gasteiger partial charge in [-0.1, -0.05) is 64.2 Å². The van der Waals surface area contributed by atoms with Crippen LogP contribution in [0.3, 0.4) is 0 Å². The van der Waals surface area contributed by atoms with Crippen molar-refractivity contribution in [2.24, 2.45) is 0 Å². The van der Waals surface area contributed by atoms with Crippen LogP contribution in [0.4, 0.5) is 0 Å². The van der Waals surface area contributed by atoms with Gasteiger partial charge in [-0.15, -0.1) is 0 Å². The Bertz CT molecular complexity index is 269. The van der Waals surface area contributed by atoms with E-state index < -0.39 is 0 Å². The predicted molar refractivity (Wildman–Crippen MR) is 104 cm³/mol. The molecule has 4 heteroatoms. The summed E-state index contributed by atoms with van der Waals surface area (Å²) in [6.07, 6.45) is 17.5. The molecule has 150 valence electrons. The molecule has 0 heterocycles. The standard InChI is InChI=1S/C21H42O4/c1-21(22)25-20-16-12-8-4-7-11-15-19-24-18-14-10-6-3-5-9-13-17-23-2/h3-20H2,1-2H3. The first-order valence-corrected chi connectivity index (χ1v) is 10.5. The average molecular weight is 359 g/mol. The van der Waals surface area contributed by atoms with Crippen molar-refractivity contribution in [2.45, 2.75) is 96.8 Å². The van der Waals surface area contributed by atoms with Gasteiger partial charge in [-0.3, -0.25) is 4.79 Å². The highest BCUT2D eigenvalue weighted by atomic mass is 16.5. The van der Waals surface area contributed by atoms with E-state index in [2.05, 4.69) is 0 Å². The molecule has 0 fully saturated rings. The molecule has 0 N–H and O–H groups in total. The van der Waals surface area contributed by atoms with Gasteiger partial charge < -0.3 is 14.2 Å². The number of rotatable bonds is 20. The van der Waals surface area contributed by atoms with Crippen LogP contribution in [0.15, 0.2) is 0 Å². The molecule has 0 amide bonds. The molecule has 4 nitrogen and oxygen atoms in total. The van der Waals surface area contributed by atoms with E-state index in [4.69, 9.17) is 14.2 Å². The lowest BCUT2D eigenvalue weighted by Gasteiger charge is -2.05. The number of methoxy groups -OCH3 is 1. The third-order valence-electron chi connectivity index (χ3n) is 4.38. The molecule has 0 spiro atoms. The van der Waals surface area contributed by atoms with E-state index in [9.17, 15) is 4.79 Å². The van der Waals surface area contributed by atoms with Gasteiger partial charge in [-0.25, -0.2) is 0 Å². The van der Waals surface area contributed by atoms with Crippen molar-refractivity contribution in [1.29, 1.82) is 0 Å². The highest BCUT2D eigenvalue weighted by molar-refractivity contribution is 5.65. The minimum Gasteiger partial charge on any atom is -0.466 e. The number of hydrogen-bond acceptors (Lipinski definition) is 4. The molecule has 0 unspecified atom stereocenters. The Hall–Kier alpha value is -0.610. The maximum atomic E-state index is 10.6. The van der Waals surface area contributed by atoms with Gasteiger partial charge in [0.2, 0.25) is 0 Å². The minimum absolute atomic E-state index is 0.169. The van der Waals surface area contributed by atoms with E-state index in [0.717, 1.165) is 32.7 Å². The number of carbonyl (C=O) groups excluding carboxylic acids is 1. The SMILES string of the molecule is COCCCCCCCCCOCCCCCCCCCOC(C)=O. The Kier molecular flexibility index (Phi) is 20.9. The summed E-state index contributed by atoms with van der Waals surface area (Å²) in [5.74, 6) is -0.169. The largest absolute Gasteiger partial charge is 0.466 e. The van der Waals surface area contributed by atoms with E-state index in [1.54, 1.807) is 7.11 Å². The first-order chi connectivity index (χ1) is 12.3. The molecule has 0 aliphatic rings. The summed E-state index contributed by atoms with van der Waals surface area (Å²) < 4.78 is 15.7. The molecular formula is C21H42O4. The number of ether oxygens (including phenoxy) is 3. The van der Waals surface area contributed by atoms with Crippen LogP contribution in [0.25, 0.3) is 0 Å². The lowest BCUT2D eigenvalue weighted by atomic mass is 10.1. The van der Waals surface area contributed by atoms with Crippen molar-refractivity contribution in [2.75, 3.05) is 33.5 Å². The van der Waals surface area contributed by atoms with Crippen molar-refractivity contribution in [3.05, 3.63) is 0 Å².